The summed E-state index contributed by atoms with van der Waals surface area (Å²) in [6.07, 6.45) is -4.87. The maximum atomic E-state index is 13.3. The zero-order valence-corrected chi connectivity index (χ0v) is 35.1. The summed E-state index contributed by atoms with van der Waals surface area (Å²) in [5.41, 5.74) is 2.38. The highest BCUT2D eigenvalue weighted by Gasteiger charge is 2.35. The molecule has 6 amide bonds. The van der Waals surface area contributed by atoms with Crippen molar-refractivity contribution in [2.24, 2.45) is 5.41 Å². The van der Waals surface area contributed by atoms with Gasteiger partial charge in [-0.15, -0.1) is 0 Å². The van der Waals surface area contributed by atoms with Crippen molar-refractivity contribution in [2.45, 2.75) is 52.4 Å². The average Bonchev–Trinajstić information content (AvgIpc) is 4.11. The number of ether oxygens (including phenoxy) is 9. The van der Waals surface area contributed by atoms with Gasteiger partial charge in [0.2, 0.25) is 0 Å². The van der Waals surface area contributed by atoms with Crippen molar-refractivity contribution < 1.29 is 71.4 Å². The topological polar surface area (TPSA) is 268 Å². The molecule has 0 saturated carbocycles. The van der Waals surface area contributed by atoms with Crippen LogP contribution in [0.1, 0.15) is 30.0 Å². The van der Waals surface area contributed by atoms with Gasteiger partial charge in [-0.05, 0) is 80.3 Å². The van der Waals surface area contributed by atoms with Gasteiger partial charge in [-0.2, -0.15) is 0 Å². The van der Waals surface area contributed by atoms with Crippen molar-refractivity contribution in [1.29, 1.82) is 0 Å². The van der Waals surface area contributed by atoms with Crippen LogP contribution in [0.15, 0.2) is 54.6 Å². The molecular weight excluding hydrogens is 828 g/mol. The summed E-state index contributed by atoms with van der Waals surface area (Å²) in [7, 11) is 0. The van der Waals surface area contributed by atoms with Crippen LogP contribution in [0.25, 0.3) is 0 Å². The van der Waals surface area contributed by atoms with E-state index in [9.17, 15) is 28.8 Å². The van der Waals surface area contributed by atoms with Crippen LogP contribution >= 0.6 is 0 Å². The van der Waals surface area contributed by atoms with Gasteiger partial charge < -0.3 is 42.6 Å². The van der Waals surface area contributed by atoms with Crippen LogP contribution in [-0.4, -0.2) is 114 Å². The Morgan fingerprint density at radius 2 is 0.683 bits per heavy atom. The molecule has 3 unspecified atom stereocenters. The minimum Gasteiger partial charge on any atom is -0.448 e. The Balaban J connectivity index is 1.09. The monoisotopic (exact) mass is 878 g/mol. The minimum absolute atomic E-state index is 0.111. The maximum absolute atomic E-state index is 13.3. The number of anilines is 6. The molecule has 21 heteroatoms. The molecule has 0 aliphatic carbocycles. The van der Waals surface area contributed by atoms with Crippen molar-refractivity contribution >= 4 is 70.7 Å². The molecule has 63 heavy (non-hydrogen) atoms. The van der Waals surface area contributed by atoms with E-state index < -0.39 is 42.0 Å². The molecular formula is C42H50N6O15. The third kappa shape index (κ3) is 14.4. The first-order chi connectivity index (χ1) is 30.3. The molecule has 0 bridgehead atoms. The average molecular weight is 879 g/mol. The van der Waals surface area contributed by atoms with E-state index in [1.54, 1.807) is 82.3 Å². The second kappa shape index (κ2) is 21.3. The van der Waals surface area contributed by atoms with E-state index in [0.29, 0.717) is 70.6 Å². The SMILES string of the molecule is CCC(COC(=O)Nc1cccc(NC(=O)OCC2CO2)c1C)(COC(=O)Nc1cccc(NC(=O)OCC2CO2)c1C)COC(=O)Nc1cccc(NC(=O)OCC2CO2)c1C. The van der Waals surface area contributed by atoms with Gasteiger partial charge in [-0.3, -0.25) is 31.9 Å². The Hall–Kier alpha value is -6.84. The molecule has 338 valence electrons. The fraction of sp³-hybridized carbons (Fsp3) is 0.429. The largest absolute Gasteiger partial charge is 0.448 e. The van der Waals surface area contributed by atoms with E-state index in [0.717, 1.165) is 0 Å². The highest BCUT2D eigenvalue weighted by Crippen LogP contribution is 2.29. The Morgan fingerprint density at radius 3 is 0.889 bits per heavy atom. The van der Waals surface area contributed by atoms with Crippen LogP contribution in [0.3, 0.4) is 0 Å². The predicted octanol–water partition coefficient (Wildman–Crippen LogP) is 6.90. The summed E-state index contributed by atoms with van der Waals surface area (Å²) in [5, 5.41) is 15.9. The molecule has 21 nitrogen and oxygen atoms in total. The molecule has 0 radical (unpaired) electrons. The third-order valence-corrected chi connectivity index (χ3v) is 10.1. The Kier molecular flexibility index (Phi) is 15.4. The van der Waals surface area contributed by atoms with Crippen molar-refractivity contribution in [3.63, 3.8) is 0 Å². The molecule has 3 aliphatic heterocycles. The maximum Gasteiger partial charge on any atom is 0.411 e. The molecule has 0 spiro atoms. The summed E-state index contributed by atoms with van der Waals surface area (Å²) >= 11 is 0. The van der Waals surface area contributed by atoms with Crippen LogP contribution in [0, 0.1) is 26.2 Å². The number of rotatable bonds is 19. The lowest BCUT2D eigenvalue weighted by Crippen LogP contribution is -2.40. The molecule has 3 fully saturated rings. The van der Waals surface area contributed by atoms with E-state index >= 15 is 0 Å². The standard InChI is InChI=1S/C42H50N6O15/c1-5-42(21-61-39(52)46-33-12-6-9-30(24(33)2)43-36(49)58-18-27-15-55-27,22-62-40(53)47-34-13-7-10-31(25(34)3)44-37(50)59-19-28-16-56-28)23-63-41(54)48-35-14-8-11-32(26(35)4)45-38(51)60-20-29-17-57-29/h6-14,27-29H,5,15-23H2,1-4H3,(H,43,49)(H,44,50)(H,45,51)(H,46,52)(H,47,53)(H,48,54). The number of carbonyl (C=O) groups is 6. The van der Waals surface area contributed by atoms with Crippen LogP contribution in [0.5, 0.6) is 0 Å². The van der Waals surface area contributed by atoms with Crippen molar-refractivity contribution in [1.82, 2.24) is 0 Å². The van der Waals surface area contributed by atoms with Crippen molar-refractivity contribution in [2.75, 3.05) is 91.4 Å². The summed E-state index contributed by atoms with van der Waals surface area (Å²) in [6, 6.07) is 14.6. The van der Waals surface area contributed by atoms with Crippen molar-refractivity contribution in [3.8, 4) is 0 Å². The summed E-state index contributed by atoms with van der Waals surface area (Å²) in [6.45, 7) is 7.54. The Morgan fingerprint density at radius 1 is 0.460 bits per heavy atom. The van der Waals surface area contributed by atoms with E-state index in [2.05, 4.69) is 31.9 Å². The lowest BCUT2D eigenvalue weighted by molar-refractivity contribution is -0.0104. The Bertz CT molecular complexity index is 1920. The Labute approximate surface area is 362 Å². The van der Waals surface area contributed by atoms with E-state index in [1.165, 1.54) is 0 Å². The lowest BCUT2D eigenvalue weighted by Gasteiger charge is -2.31. The third-order valence-electron chi connectivity index (χ3n) is 10.1. The molecule has 6 rings (SSSR count). The fourth-order valence-electron chi connectivity index (χ4n) is 5.68. The molecule has 6 N–H and O–H groups in total. The van der Waals surface area contributed by atoms with E-state index in [-0.39, 0.29) is 64.4 Å². The molecule has 3 atom stereocenters. The van der Waals surface area contributed by atoms with E-state index in [4.69, 9.17) is 42.6 Å². The quantitative estimate of drug-likeness (QED) is 0.0528. The first kappa shape index (κ1) is 45.7. The number of benzene rings is 3. The minimum atomic E-state index is -1.28. The highest BCUT2D eigenvalue weighted by atomic mass is 16.6. The molecule has 0 aromatic heterocycles. The zero-order valence-electron chi connectivity index (χ0n) is 35.1. The molecule has 3 aromatic rings. The van der Waals surface area contributed by atoms with E-state index in [1.807, 2.05) is 0 Å². The van der Waals surface area contributed by atoms with Gasteiger partial charge in [0.05, 0.1) is 25.2 Å². The smallest absolute Gasteiger partial charge is 0.411 e. The number of hydrogen-bond acceptors (Lipinski definition) is 15. The molecule has 3 aliphatic rings. The number of epoxide rings is 3. The van der Waals surface area contributed by atoms with Gasteiger partial charge in [0, 0.05) is 34.1 Å². The molecule has 3 saturated heterocycles. The van der Waals surface area contributed by atoms with Gasteiger partial charge in [-0.1, -0.05) is 25.1 Å². The number of amides is 6. The summed E-state index contributed by atoms with van der Waals surface area (Å²) < 4.78 is 47.6. The second-order valence-corrected chi connectivity index (χ2v) is 14.9. The summed E-state index contributed by atoms with van der Waals surface area (Å²) in [5.74, 6) is 0. The summed E-state index contributed by atoms with van der Waals surface area (Å²) in [4.78, 5) is 76.7. The van der Waals surface area contributed by atoms with Gasteiger partial charge in [0.1, 0.15) is 58.0 Å². The fourth-order valence-corrected chi connectivity index (χ4v) is 5.68. The molecule has 3 aromatic carbocycles. The van der Waals surface area contributed by atoms with Crippen LogP contribution in [0.4, 0.5) is 62.9 Å². The first-order valence-corrected chi connectivity index (χ1v) is 20.1. The number of carbonyl (C=O) groups excluding carboxylic acids is 6. The van der Waals surface area contributed by atoms with Crippen molar-refractivity contribution in [3.05, 3.63) is 71.3 Å². The zero-order chi connectivity index (χ0) is 44.9. The molecule has 3 heterocycles. The second-order valence-electron chi connectivity index (χ2n) is 14.9. The van der Waals surface area contributed by atoms with Gasteiger partial charge in [0.15, 0.2) is 0 Å². The number of hydrogen-bond donors (Lipinski definition) is 6. The van der Waals surface area contributed by atoms with Gasteiger partial charge in [-0.25, -0.2) is 28.8 Å². The van der Waals surface area contributed by atoms with Gasteiger partial charge >= 0.3 is 36.6 Å². The normalized spacial score (nSPS) is 17.6. The van der Waals surface area contributed by atoms with Crippen LogP contribution in [-0.2, 0) is 42.6 Å². The predicted molar refractivity (Wildman–Crippen MR) is 225 cm³/mol. The van der Waals surface area contributed by atoms with Gasteiger partial charge in [0.25, 0.3) is 0 Å². The van der Waals surface area contributed by atoms with Crippen LogP contribution in [0.2, 0.25) is 0 Å². The highest BCUT2D eigenvalue weighted by molar-refractivity contribution is 5.93. The first-order valence-electron chi connectivity index (χ1n) is 20.1. The van der Waals surface area contributed by atoms with Crippen LogP contribution < -0.4 is 31.9 Å². The lowest BCUT2D eigenvalue weighted by atomic mass is 9.88. The number of nitrogens with one attached hydrogen (secondary N) is 6.